The van der Waals surface area contributed by atoms with Crippen molar-refractivity contribution in [2.75, 3.05) is 39.6 Å². The third-order valence-corrected chi connectivity index (χ3v) is 4.50. The van der Waals surface area contributed by atoms with Gasteiger partial charge in [0.1, 0.15) is 13.2 Å². The van der Waals surface area contributed by atoms with Crippen molar-refractivity contribution in [3.8, 4) is 11.5 Å². The predicted molar refractivity (Wildman–Crippen MR) is 122 cm³/mol. The molecule has 0 bridgehead atoms. The van der Waals surface area contributed by atoms with Gasteiger partial charge in [0.25, 0.3) is 11.4 Å². The zero-order valence-corrected chi connectivity index (χ0v) is 19.8. The molecule has 0 heterocycles. The van der Waals surface area contributed by atoms with Crippen molar-refractivity contribution in [2.24, 2.45) is 0 Å². The molecule has 0 aliphatic rings. The van der Waals surface area contributed by atoms with E-state index in [-0.39, 0.29) is 72.6 Å². The van der Waals surface area contributed by atoms with E-state index >= 15 is 0 Å². The first kappa shape index (κ1) is 28.5. The van der Waals surface area contributed by atoms with E-state index in [4.69, 9.17) is 51.6 Å². The van der Waals surface area contributed by atoms with Crippen LogP contribution in [0.2, 0.25) is 10.0 Å². The summed E-state index contributed by atoms with van der Waals surface area (Å²) < 4.78 is 29.7. The van der Waals surface area contributed by atoms with Crippen LogP contribution in [0.1, 0.15) is 0 Å². The number of ether oxygens (including phenoxy) is 6. The minimum absolute atomic E-state index is 0.0330. The Kier molecular flexibility index (Phi) is 11.6. The number of non-ortho nitro benzene ring substituents is 2. The molecular formula is C20H18Cl2N2O12. The third-order valence-electron chi connectivity index (χ3n) is 3.91. The van der Waals surface area contributed by atoms with Gasteiger partial charge in [0.05, 0.1) is 46.3 Å². The van der Waals surface area contributed by atoms with Crippen molar-refractivity contribution in [1.29, 1.82) is 0 Å². The number of hydrogen-bond acceptors (Lipinski definition) is 12. The molecule has 0 N–H and O–H groups in total. The molecule has 2 aromatic rings. The normalized spacial score (nSPS) is 10.4. The van der Waals surface area contributed by atoms with E-state index < -0.39 is 22.2 Å². The maximum Gasteiger partial charge on any atom is 0.513 e. The van der Waals surface area contributed by atoms with Crippen LogP contribution in [0.3, 0.4) is 0 Å². The number of carbonyl (C=O) groups excluding carboxylic acids is 2. The van der Waals surface area contributed by atoms with E-state index in [9.17, 15) is 29.8 Å². The first-order valence-electron chi connectivity index (χ1n) is 9.90. The Balaban J connectivity index is 1.50. The minimum Gasteiger partial charge on any atom is -0.432 e. The highest BCUT2D eigenvalue weighted by atomic mass is 35.5. The summed E-state index contributed by atoms with van der Waals surface area (Å²) in [5.74, 6) is -0.188. The maximum absolute atomic E-state index is 11.6. The topological polar surface area (TPSA) is 176 Å². The third kappa shape index (κ3) is 9.87. The highest BCUT2D eigenvalue weighted by Crippen LogP contribution is 2.29. The Bertz CT molecular complexity index is 1010. The quantitative estimate of drug-likeness (QED) is 0.112. The van der Waals surface area contributed by atoms with E-state index in [0.717, 1.165) is 24.3 Å². The fourth-order valence-corrected chi connectivity index (χ4v) is 2.73. The lowest BCUT2D eigenvalue weighted by Crippen LogP contribution is -2.17. The molecule has 16 heteroatoms. The van der Waals surface area contributed by atoms with Crippen molar-refractivity contribution in [2.45, 2.75) is 0 Å². The van der Waals surface area contributed by atoms with Gasteiger partial charge in [-0.1, -0.05) is 23.2 Å². The lowest BCUT2D eigenvalue weighted by atomic mass is 10.3. The minimum atomic E-state index is -1.07. The second-order valence-electron chi connectivity index (χ2n) is 6.37. The van der Waals surface area contributed by atoms with Gasteiger partial charge in [-0.2, -0.15) is 0 Å². The molecule has 0 saturated heterocycles. The van der Waals surface area contributed by atoms with Gasteiger partial charge in [0.2, 0.25) is 0 Å². The summed E-state index contributed by atoms with van der Waals surface area (Å²) in [4.78, 5) is 43.3. The molecule has 0 fully saturated rings. The van der Waals surface area contributed by atoms with Crippen LogP contribution < -0.4 is 9.47 Å². The molecule has 2 aromatic carbocycles. The number of carbonyl (C=O) groups is 2. The van der Waals surface area contributed by atoms with Crippen molar-refractivity contribution in [1.82, 2.24) is 0 Å². The Labute approximate surface area is 212 Å². The Morgan fingerprint density at radius 1 is 0.667 bits per heavy atom. The van der Waals surface area contributed by atoms with E-state index in [1.807, 2.05) is 0 Å². The first-order chi connectivity index (χ1) is 17.2. The van der Waals surface area contributed by atoms with Crippen LogP contribution in [0, 0.1) is 20.2 Å². The summed E-state index contributed by atoms with van der Waals surface area (Å²) >= 11 is 11.6. The van der Waals surface area contributed by atoms with Crippen LogP contribution in [0.25, 0.3) is 0 Å². The lowest BCUT2D eigenvalue weighted by molar-refractivity contribution is -0.385. The van der Waals surface area contributed by atoms with Gasteiger partial charge in [-0.15, -0.1) is 0 Å². The van der Waals surface area contributed by atoms with Gasteiger partial charge >= 0.3 is 12.3 Å². The molecule has 0 amide bonds. The summed E-state index contributed by atoms with van der Waals surface area (Å²) in [6, 6.07) is 6.67. The second kappa shape index (κ2) is 14.6. The largest absolute Gasteiger partial charge is 0.513 e. The van der Waals surface area contributed by atoms with Crippen LogP contribution in [0.4, 0.5) is 21.0 Å². The number of hydrogen-bond donors (Lipinski definition) is 0. The molecule has 2 rings (SSSR count). The Morgan fingerprint density at radius 3 is 1.36 bits per heavy atom. The zero-order valence-electron chi connectivity index (χ0n) is 18.3. The highest BCUT2D eigenvalue weighted by molar-refractivity contribution is 6.32. The van der Waals surface area contributed by atoms with Crippen LogP contribution >= 0.6 is 23.2 Å². The Morgan fingerprint density at radius 2 is 1.03 bits per heavy atom. The van der Waals surface area contributed by atoms with Crippen LogP contribution in [0.15, 0.2) is 36.4 Å². The molecule has 0 spiro atoms. The Hall–Kier alpha value is -3.72. The average Bonchev–Trinajstić information content (AvgIpc) is 2.82. The predicted octanol–water partition coefficient (Wildman–Crippen LogP) is 4.57. The molecule has 36 heavy (non-hydrogen) atoms. The van der Waals surface area contributed by atoms with Gasteiger partial charge < -0.3 is 28.4 Å². The molecule has 0 saturated carbocycles. The van der Waals surface area contributed by atoms with Gasteiger partial charge in [-0.25, -0.2) is 9.59 Å². The van der Waals surface area contributed by atoms with Crippen LogP contribution in [0.5, 0.6) is 11.5 Å². The first-order valence-corrected chi connectivity index (χ1v) is 10.7. The van der Waals surface area contributed by atoms with E-state index in [0.29, 0.717) is 0 Å². The van der Waals surface area contributed by atoms with Crippen molar-refractivity contribution >= 4 is 46.9 Å². The number of benzene rings is 2. The number of rotatable bonds is 13. The molecule has 194 valence electrons. The summed E-state index contributed by atoms with van der Waals surface area (Å²) in [7, 11) is 0. The highest BCUT2D eigenvalue weighted by Gasteiger charge is 2.15. The molecule has 0 radical (unpaired) electrons. The van der Waals surface area contributed by atoms with Gasteiger partial charge in [0.15, 0.2) is 11.5 Å². The van der Waals surface area contributed by atoms with E-state index in [2.05, 4.69) is 0 Å². The zero-order chi connectivity index (χ0) is 26.5. The monoisotopic (exact) mass is 548 g/mol. The fourth-order valence-electron chi connectivity index (χ4n) is 2.30. The number of nitro benzene ring substituents is 2. The van der Waals surface area contributed by atoms with Gasteiger partial charge in [0, 0.05) is 24.3 Å². The van der Waals surface area contributed by atoms with E-state index in [1.54, 1.807) is 0 Å². The second-order valence-corrected chi connectivity index (χ2v) is 7.18. The van der Waals surface area contributed by atoms with Gasteiger partial charge in [-0.3, -0.25) is 20.2 Å². The molecule has 0 aliphatic carbocycles. The van der Waals surface area contributed by atoms with E-state index in [1.165, 1.54) is 12.1 Å². The number of halogens is 2. The summed E-state index contributed by atoms with van der Waals surface area (Å²) in [6.07, 6.45) is -2.13. The standard InChI is InChI=1S/C20H18Cl2N2O12/c21-15-11-13(23(27)28)1-3-17(15)35-19(25)33-9-7-31-5-6-32-8-10-34-20(26)36-18-4-2-14(24(29)30)12-16(18)22/h1-4,11-12H,5-10H2. The summed E-state index contributed by atoms with van der Waals surface area (Å²) in [5.41, 5.74) is -0.509. The smallest absolute Gasteiger partial charge is 0.432 e. The number of nitrogens with zero attached hydrogens (tertiary/aromatic N) is 2. The fraction of sp³-hybridized carbons (Fsp3) is 0.300. The van der Waals surface area contributed by atoms with Crippen molar-refractivity contribution < 1.29 is 47.9 Å². The van der Waals surface area contributed by atoms with Crippen molar-refractivity contribution in [3.63, 3.8) is 0 Å². The summed E-state index contributed by atoms with van der Waals surface area (Å²) in [5, 5.41) is 21.1. The maximum atomic E-state index is 11.6. The molecule has 14 nitrogen and oxygen atoms in total. The van der Waals surface area contributed by atoms with Crippen LogP contribution in [-0.4, -0.2) is 61.8 Å². The molecule has 0 aliphatic heterocycles. The molecule has 0 aromatic heterocycles. The van der Waals surface area contributed by atoms with Crippen molar-refractivity contribution in [3.05, 3.63) is 66.7 Å². The summed E-state index contributed by atoms with van der Waals surface area (Å²) in [6.45, 7) is 0.0919. The number of nitro groups is 2. The molecular weight excluding hydrogens is 531 g/mol. The molecule has 0 atom stereocenters. The van der Waals surface area contributed by atoms with Gasteiger partial charge in [-0.05, 0) is 12.1 Å². The average molecular weight is 549 g/mol. The molecule has 0 unspecified atom stereocenters. The SMILES string of the molecule is O=C(OCCOCCOCCOC(=O)Oc1ccc([N+](=O)[O-])cc1Cl)Oc1ccc([N+](=O)[O-])cc1Cl. The lowest BCUT2D eigenvalue weighted by Gasteiger charge is -2.09. The van der Waals surface area contributed by atoms with Crippen LogP contribution in [-0.2, 0) is 18.9 Å².